The summed E-state index contributed by atoms with van der Waals surface area (Å²) in [4.78, 5) is 5.74. The van der Waals surface area contributed by atoms with Gasteiger partial charge in [0.2, 0.25) is 0 Å². The van der Waals surface area contributed by atoms with E-state index in [1.165, 1.54) is 4.88 Å². The topological polar surface area (TPSA) is 45.2 Å². The Morgan fingerprint density at radius 2 is 2.06 bits per heavy atom. The number of nitrogens with zero attached hydrogens (tertiary/aromatic N) is 1. The quantitative estimate of drug-likeness (QED) is 0.822. The van der Waals surface area contributed by atoms with Crippen molar-refractivity contribution in [3.05, 3.63) is 15.6 Å². The van der Waals surface area contributed by atoms with E-state index in [0.717, 1.165) is 23.7 Å². The normalized spacial score (nSPS) is 15.2. The first-order chi connectivity index (χ1) is 7.80. The molecule has 1 aromatic rings. The van der Waals surface area contributed by atoms with Crippen LogP contribution < -0.4 is 5.32 Å². The highest BCUT2D eigenvalue weighted by Crippen LogP contribution is 2.17. The molecule has 1 atom stereocenters. The Bertz CT molecular complexity index is 339. The molecule has 2 N–H and O–H groups in total. The van der Waals surface area contributed by atoms with Gasteiger partial charge in [-0.1, -0.05) is 13.8 Å². The lowest BCUT2D eigenvalue weighted by Gasteiger charge is -2.25. The molecule has 1 unspecified atom stereocenters. The van der Waals surface area contributed by atoms with Crippen LogP contribution in [0.25, 0.3) is 0 Å². The van der Waals surface area contributed by atoms with Crippen LogP contribution in [0.3, 0.4) is 0 Å². The Morgan fingerprint density at radius 3 is 2.53 bits per heavy atom. The third-order valence-electron chi connectivity index (χ3n) is 2.70. The lowest BCUT2D eigenvalue weighted by molar-refractivity contribution is 0.0383. The van der Waals surface area contributed by atoms with Gasteiger partial charge >= 0.3 is 0 Å². The number of hydrogen-bond acceptors (Lipinski definition) is 4. The highest BCUT2D eigenvalue weighted by Gasteiger charge is 2.21. The van der Waals surface area contributed by atoms with E-state index in [0.29, 0.717) is 12.5 Å². The maximum absolute atomic E-state index is 10.1. The van der Waals surface area contributed by atoms with E-state index < -0.39 is 5.60 Å². The van der Waals surface area contributed by atoms with E-state index in [4.69, 9.17) is 0 Å². The summed E-state index contributed by atoms with van der Waals surface area (Å²) in [7, 11) is 0. The van der Waals surface area contributed by atoms with Crippen molar-refractivity contribution in [2.75, 3.05) is 6.54 Å². The molecular formula is C13H24N2OS. The summed E-state index contributed by atoms with van der Waals surface area (Å²) in [5.41, 5.74) is 0.482. The predicted molar refractivity (Wildman–Crippen MR) is 73.4 cm³/mol. The molecule has 1 aromatic heterocycles. The van der Waals surface area contributed by atoms with E-state index >= 15 is 0 Å². The third kappa shape index (κ3) is 5.15. The Kier molecular flexibility index (Phi) is 5.10. The smallest absolute Gasteiger partial charge is 0.107 e. The summed E-state index contributed by atoms with van der Waals surface area (Å²) in [5, 5.41) is 14.5. The summed E-state index contributed by atoms with van der Waals surface area (Å²) in [6.45, 7) is 11.6. The van der Waals surface area contributed by atoms with Crippen molar-refractivity contribution in [2.24, 2.45) is 5.92 Å². The van der Waals surface area contributed by atoms with Gasteiger partial charge in [0, 0.05) is 18.0 Å². The average Bonchev–Trinajstić information content (AvgIpc) is 2.43. The van der Waals surface area contributed by atoms with Gasteiger partial charge in [0.05, 0.1) is 11.3 Å². The number of rotatable bonds is 6. The monoisotopic (exact) mass is 256 g/mol. The van der Waals surface area contributed by atoms with E-state index in [9.17, 15) is 5.11 Å². The molecule has 0 amide bonds. The minimum absolute atomic E-state index is 0.510. The molecule has 0 spiro atoms. The second kappa shape index (κ2) is 5.94. The van der Waals surface area contributed by atoms with Gasteiger partial charge in [-0.25, -0.2) is 4.98 Å². The molecule has 3 nitrogen and oxygen atoms in total. The first-order valence-corrected chi connectivity index (χ1v) is 6.98. The number of thiazole rings is 1. The summed E-state index contributed by atoms with van der Waals surface area (Å²) in [6.07, 6.45) is 0.815. The molecule has 0 saturated carbocycles. The summed E-state index contributed by atoms with van der Waals surface area (Å²) >= 11 is 1.72. The standard InChI is InChI=1S/C13H24N2OS/c1-9(2)6-13(5,16)8-14-7-12-15-10(3)11(4)17-12/h9,14,16H,6-8H2,1-5H3. The van der Waals surface area contributed by atoms with E-state index in [-0.39, 0.29) is 0 Å². The molecule has 0 aliphatic rings. The first-order valence-electron chi connectivity index (χ1n) is 6.16. The van der Waals surface area contributed by atoms with Crippen LogP contribution in [-0.2, 0) is 6.54 Å². The fourth-order valence-corrected chi connectivity index (χ4v) is 2.91. The van der Waals surface area contributed by atoms with Crippen molar-refractivity contribution < 1.29 is 5.11 Å². The Balaban J connectivity index is 2.37. The Labute approximate surface area is 108 Å². The molecule has 0 aliphatic carbocycles. The highest BCUT2D eigenvalue weighted by molar-refractivity contribution is 7.11. The number of aryl methyl sites for hydroxylation is 2. The van der Waals surface area contributed by atoms with Gasteiger partial charge in [-0.3, -0.25) is 0 Å². The van der Waals surface area contributed by atoms with Crippen molar-refractivity contribution in [1.82, 2.24) is 10.3 Å². The van der Waals surface area contributed by atoms with Crippen molar-refractivity contribution in [2.45, 2.75) is 53.2 Å². The minimum Gasteiger partial charge on any atom is -0.389 e. The molecule has 0 saturated heterocycles. The maximum atomic E-state index is 10.1. The molecular weight excluding hydrogens is 232 g/mol. The SMILES string of the molecule is Cc1nc(CNCC(C)(O)CC(C)C)sc1C. The second-order valence-corrected chi connectivity index (χ2v) is 6.74. The van der Waals surface area contributed by atoms with Gasteiger partial charge in [0.25, 0.3) is 0 Å². The molecule has 98 valence electrons. The zero-order valence-electron chi connectivity index (χ0n) is 11.5. The van der Waals surface area contributed by atoms with Crippen molar-refractivity contribution >= 4 is 11.3 Å². The molecule has 0 aromatic carbocycles. The lowest BCUT2D eigenvalue weighted by atomic mass is 9.94. The van der Waals surface area contributed by atoms with Gasteiger partial charge in [0.15, 0.2) is 0 Å². The van der Waals surface area contributed by atoms with E-state index in [1.54, 1.807) is 11.3 Å². The molecule has 0 radical (unpaired) electrons. The fraction of sp³-hybridized carbons (Fsp3) is 0.769. The van der Waals surface area contributed by atoms with Crippen LogP contribution in [0.1, 0.15) is 42.8 Å². The zero-order valence-corrected chi connectivity index (χ0v) is 12.3. The molecule has 1 rings (SSSR count). The van der Waals surface area contributed by atoms with Crippen LogP contribution in [0.5, 0.6) is 0 Å². The van der Waals surface area contributed by atoms with Gasteiger partial charge in [-0.15, -0.1) is 11.3 Å². The van der Waals surface area contributed by atoms with Crippen LogP contribution in [0.4, 0.5) is 0 Å². The molecule has 4 heteroatoms. The van der Waals surface area contributed by atoms with E-state index in [1.807, 2.05) is 13.8 Å². The molecule has 0 aliphatic heterocycles. The van der Waals surface area contributed by atoms with Gasteiger partial charge in [0.1, 0.15) is 5.01 Å². The summed E-state index contributed by atoms with van der Waals surface area (Å²) < 4.78 is 0. The van der Waals surface area contributed by atoms with Crippen LogP contribution in [0, 0.1) is 19.8 Å². The van der Waals surface area contributed by atoms with Crippen molar-refractivity contribution in [1.29, 1.82) is 0 Å². The van der Waals surface area contributed by atoms with Gasteiger partial charge in [-0.2, -0.15) is 0 Å². The molecule has 1 heterocycles. The molecule has 0 bridgehead atoms. The molecule has 0 fully saturated rings. The average molecular weight is 256 g/mol. The highest BCUT2D eigenvalue weighted by atomic mass is 32.1. The summed E-state index contributed by atoms with van der Waals surface area (Å²) in [6, 6.07) is 0. The van der Waals surface area contributed by atoms with Crippen molar-refractivity contribution in [3.8, 4) is 0 Å². The second-order valence-electron chi connectivity index (χ2n) is 5.45. The number of nitrogens with one attached hydrogen (secondary N) is 1. The Morgan fingerprint density at radius 1 is 1.41 bits per heavy atom. The fourth-order valence-electron chi connectivity index (χ4n) is 2.01. The number of hydrogen-bond donors (Lipinski definition) is 2. The van der Waals surface area contributed by atoms with Crippen LogP contribution in [0.2, 0.25) is 0 Å². The van der Waals surface area contributed by atoms with Crippen LogP contribution >= 0.6 is 11.3 Å². The van der Waals surface area contributed by atoms with E-state index in [2.05, 4.69) is 31.1 Å². The number of aromatic nitrogens is 1. The third-order valence-corrected chi connectivity index (χ3v) is 3.78. The van der Waals surface area contributed by atoms with Gasteiger partial charge in [-0.05, 0) is 33.1 Å². The number of aliphatic hydroxyl groups is 1. The predicted octanol–water partition coefficient (Wildman–Crippen LogP) is 2.65. The lowest BCUT2D eigenvalue weighted by Crippen LogP contribution is -2.38. The first kappa shape index (κ1) is 14.6. The Hall–Kier alpha value is -0.450. The zero-order chi connectivity index (χ0) is 13.1. The molecule has 17 heavy (non-hydrogen) atoms. The van der Waals surface area contributed by atoms with Crippen LogP contribution in [0.15, 0.2) is 0 Å². The van der Waals surface area contributed by atoms with Gasteiger partial charge < -0.3 is 10.4 Å². The minimum atomic E-state index is -0.629. The summed E-state index contributed by atoms with van der Waals surface area (Å²) in [5.74, 6) is 0.510. The maximum Gasteiger partial charge on any atom is 0.107 e. The van der Waals surface area contributed by atoms with Crippen LogP contribution in [-0.4, -0.2) is 22.2 Å². The largest absolute Gasteiger partial charge is 0.389 e. The van der Waals surface area contributed by atoms with Crippen molar-refractivity contribution in [3.63, 3.8) is 0 Å².